The second-order valence-electron chi connectivity index (χ2n) is 5.60. The highest BCUT2D eigenvalue weighted by molar-refractivity contribution is 6.20. The van der Waals surface area contributed by atoms with E-state index < -0.39 is 16.7 Å². The van der Waals surface area contributed by atoms with E-state index in [2.05, 4.69) is 0 Å². The summed E-state index contributed by atoms with van der Waals surface area (Å²) in [6.45, 7) is 1.25. The van der Waals surface area contributed by atoms with Crippen LogP contribution in [0, 0.1) is 10.1 Å². The quantitative estimate of drug-likeness (QED) is 0.207. The number of hydrogen-bond donors (Lipinski definition) is 0. The van der Waals surface area contributed by atoms with E-state index >= 15 is 0 Å². The van der Waals surface area contributed by atoms with E-state index in [1.807, 2.05) is 0 Å². The predicted octanol–water partition coefficient (Wildman–Crippen LogP) is 3.44. The maximum absolute atomic E-state index is 12.3. The molecule has 0 heterocycles. The Morgan fingerprint density at radius 1 is 1.22 bits per heavy atom. The minimum atomic E-state index is -0.706. The fourth-order valence-electron chi connectivity index (χ4n) is 2.63. The average molecular weight is 317 g/mol. The van der Waals surface area contributed by atoms with Gasteiger partial charge in [-0.05, 0) is 44.7 Å². The van der Waals surface area contributed by atoms with E-state index in [0.717, 1.165) is 32.1 Å². The molecule has 0 spiro atoms. The fraction of sp³-hybridized carbons (Fsp3) is 0.412. The molecule has 6 heteroatoms. The highest BCUT2D eigenvalue weighted by Gasteiger charge is 2.23. The number of rotatable bonds is 5. The Morgan fingerprint density at radius 3 is 2.48 bits per heavy atom. The standard InChI is InChI=1S/C17H19NO5/c1-12(19)15(17(20)23-14-8-3-2-4-9-14)11-13-7-5-6-10-16(13)18(21)22/h5-7,10-11,14H,2-4,8-9H2,1H3. The lowest BCUT2D eigenvalue weighted by atomic mass is 9.97. The van der Waals surface area contributed by atoms with Crippen molar-refractivity contribution in [1.82, 2.24) is 0 Å². The van der Waals surface area contributed by atoms with Gasteiger partial charge < -0.3 is 4.74 Å². The lowest BCUT2D eigenvalue weighted by molar-refractivity contribution is -0.385. The zero-order chi connectivity index (χ0) is 16.8. The van der Waals surface area contributed by atoms with Crippen LogP contribution in [0.15, 0.2) is 29.8 Å². The monoisotopic (exact) mass is 317 g/mol. The predicted molar refractivity (Wildman–Crippen MR) is 84.7 cm³/mol. The number of benzene rings is 1. The molecule has 0 unspecified atom stereocenters. The summed E-state index contributed by atoms with van der Waals surface area (Å²) < 4.78 is 5.39. The van der Waals surface area contributed by atoms with Crippen molar-refractivity contribution >= 4 is 23.5 Å². The van der Waals surface area contributed by atoms with Crippen LogP contribution < -0.4 is 0 Å². The maximum Gasteiger partial charge on any atom is 0.342 e. The molecule has 0 amide bonds. The number of nitro benzene ring substituents is 1. The highest BCUT2D eigenvalue weighted by Crippen LogP contribution is 2.24. The van der Waals surface area contributed by atoms with Crippen molar-refractivity contribution in [1.29, 1.82) is 0 Å². The summed E-state index contributed by atoms with van der Waals surface area (Å²) in [6, 6.07) is 5.97. The average Bonchev–Trinajstić information content (AvgIpc) is 2.53. The fourth-order valence-corrected chi connectivity index (χ4v) is 2.63. The third kappa shape index (κ3) is 4.48. The number of para-hydroxylation sites is 1. The molecule has 1 aliphatic carbocycles. The minimum absolute atomic E-state index is 0.156. The van der Waals surface area contributed by atoms with Gasteiger partial charge in [-0.25, -0.2) is 4.79 Å². The van der Waals surface area contributed by atoms with Gasteiger partial charge >= 0.3 is 5.97 Å². The zero-order valence-corrected chi connectivity index (χ0v) is 13.0. The molecule has 0 bridgehead atoms. The summed E-state index contributed by atoms with van der Waals surface area (Å²) in [5, 5.41) is 11.0. The second-order valence-corrected chi connectivity index (χ2v) is 5.60. The van der Waals surface area contributed by atoms with Gasteiger partial charge in [-0.15, -0.1) is 0 Å². The van der Waals surface area contributed by atoms with Crippen molar-refractivity contribution in [2.45, 2.75) is 45.1 Å². The molecule has 0 aromatic heterocycles. The summed E-state index contributed by atoms with van der Waals surface area (Å²) in [4.78, 5) is 34.5. The topological polar surface area (TPSA) is 86.5 Å². The van der Waals surface area contributed by atoms with Gasteiger partial charge in [0.1, 0.15) is 11.7 Å². The first-order valence-electron chi connectivity index (χ1n) is 7.66. The Kier molecular flexibility index (Phi) is 5.62. The molecule has 0 N–H and O–H groups in total. The number of hydrogen-bond acceptors (Lipinski definition) is 5. The van der Waals surface area contributed by atoms with Crippen LogP contribution in [0.4, 0.5) is 5.69 Å². The van der Waals surface area contributed by atoms with Gasteiger partial charge in [-0.2, -0.15) is 0 Å². The van der Waals surface area contributed by atoms with Crippen molar-refractivity contribution in [2.24, 2.45) is 0 Å². The number of carbonyl (C=O) groups is 2. The summed E-state index contributed by atoms with van der Waals surface area (Å²) >= 11 is 0. The van der Waals surface area contributed by atoms with Crippen LogP contribution in [-0.4, -0.2) is 22.8 Å². The summed E-state index contributed by atoms with van der Waals surface area (Å²) in [7, 11) is 0. The normalized spacial score (nSPS) is 16.0. The molecule has 0 aliphatic heterocycles. The molecule has 23 heavy (non-hydrogen) atoms. The lowest BCUT2D eigenvalue weighted by Gasteiger charge is -2.22. The molecule has 1 aromatic rings. The lowest BCUT2D eigenvalue weighted by Crippen LogP contribution is -2.23. The third-order valence-electron chi connectivity index (χ3n) is 3.86. The molecule has 0 atom stereocenters. The van der Waals surface area contributed by atoms with Gasteiger partial charge in [0, 0.05) is 6.07 Å². The minimum Gasteiger partial charge on any atom is -0.459 e. The molecule has 6 nitrogen and oxygen atoms in total. The summed E-state index contributed by atoms with van der Waals surface area (Å²) in [6.07, 6.45) is 5.78. The molecule has 1 saturated carbocycles. The van der Waals surface area contributed by atoms with Crippen molar-refractivity contribution in [2.75, 3.05) is 0 Å². The van der Waals surface area contributed by atoms with E-state index in [-0.39, 0.29) is 22.9 Å². The third-order valence-corrected chi connectivity index (χ3v) is 3.86. The van der Waals surface area contributed by atoms with Crippen molar-refractivity contribution in [3.05, 3.63) is 45.5 Å². The van der Waals surface area contributed by atoms with Crippen LogP contribution in [0.1, 0.15) is 44.6 Å². The first kappa shape index (κ1) is 16.9. The van der Waals surface area contributed by atoms with Crippen molar-refractivity contribution in [3.8, 4) is 0 Å². The van der Waals surface area contributed by atoms with Crippen LogP contribution in [0.2, 0.25) is 0 Å². The molecule has 0 saturated heterocycles. The summed E-state index contributed by atoms with van der Waals surface area (Å²) in [5.74, 6) is -1.17. The number of Topliss-reactive ketones (excluding diaryl/α,β-unsaturated/α-hetero) is 1. The van der Waals surface area contributed by atoms with Gasteiger partial charge in [-0.1, -0.05) is 18.6 Å². The van der Waals surface area contributed by atoms with E-state index in [1.54, 1.807) is 6.07 Å². The van der Waals surface area contributed by atoms with E-state index in [4.69, 9.17) is 4.74 Å². The Balaban J connectivity index is 2.25. The van der Waals surface area contributed by atoms with Crippen molar-refractivity contribution in [3.63, 3.8) is 0 Å². The van der Waals surface area contributed by atoms with Gasteiger partial charge in [0.25, 0.3) is 5.69 Å². The molecule has 1 aromatic carbocycles. The zero-order valence-electron chi connectivity index (χ0n) is 13.0. The van der Waals surface area contributed by atoms with Gasteiger partial charge in [0.2, 0.25) is 0 Å². The number of nitrogens with zero attached hydrogens (tertiary/aromatic N) is 1. The first-order valence-corrected chi connectivity index (χ1v) is 7.66. The SMILES string of the molecule is CC(=O)C(=Cc1ccccc1[N+](=O)[O-])C(=O)OC1CCCCC1. The molecule has 2 rings (SSSR count). The Labute approximate surface area is 134 Å². The maximum atomic E-state index is 12.3. The van der Waals surface area contributed by atoms with Gasteiger partial charge in [0.05, 0.1) is 10.5 Å². The molecular formula is C17H19NO5. The number of ketones is 1. The number of esters is 1. The number of ether oxygens (including phenoxy) is 1. The molecule has 0 radical (unpaired) electrons. The van der Waals surface area contributed by atoms with Crippen LogP contribution >= 0.6 is 0 Å². The molecular weight excluding hydrogens is 298 g/mol. The Morgan fingerprint density at radius 2 is 1.87 bits per heavy atom. The number of nitro groups is 1. The molecule has 1 aliphatic rings. The van der Waals surface area contributed by atoms with E-state index in [0.29, 0.717) is 0 Å². The van der Waals surface area contributed by atoms with Gasteiger partial charge in [0.15, 0.2) is 5.78 Å². The van der Waals surface area contributed by atoms with Crippen molar-refractivity contribution < 1.29 is 19.2 Å². The van der Waals surface area contributed by atoms with Crippen LogP contribution in [0.25, 0.3) is 6.08 Å². The molecule has 1 fully saturated rings. The number of carbonyl (C=O) groups excluding carboxylic acids is 2. The first-order chi connectivity index (χ1) is 11.0. The van der Waals surface area contributed by atoms with Gasteiger partial charge in [-0.3, -0.25) is 14.9 Å². The molecule has 122 valence electrons. The van der Waals surface area contributed by atoms with Crippen LogP contribution in [0.3, 0.4) is 0 Å². The largest absolute Gasteiger partial charge is 0.459 e. The van der Waals surface area contributed by atoms with Crippen LogP contribution in [-0.2, 0) is 14.3 Å². The Hall–Kier alpha value is -2.50. The highest BCUT2D eigenvalue weighted by atomic mass is 16.6. The second kappa shape index (κ2) is 7.67. The smallest absolute Gasteiger partial charge is 0.342 e. The Bertz CT molecular complexity index is 644. The van der Waals surface area contributed by atoms with E-state index in [1.165, 1.54) is 31.2 Å². The van der Waals surface area contributed by atoms with Crippen LogP contribution in [0.5, 0.6) is 0 Å². The summed E-state index contributed by atoms with van der Waals surface area (Å²) in [5.41, 5.74) is -0.107. The van der Waals surface area contributed by atoms with E-state index in [9.17, 15) is 19.7 Å².